The van der Waals surface area contributed by atoms with Crippen molar-refractivity contribution in [2.45, 2.75) is 6.42 Å². The Balaban J connectivity index is 1.96. The van der Waals surface area contributed by atoms with E-state index in [4.69, 9.17) is 11.5 Å². The number of nitrogens with zero attached hydrogens (tertiary/aromatic N) is 1. The van der Waals surface area contributed by atoms with Gasteiger partial charge in [0.2, 0.25) is 0 Å². The zero-order chi connectivity index (χ0) is 14.5. The van der Waals surface area contributed by atoms with Crippen LogP contribution in [0.1, 0.15) is 15.9 Å². The second kappa shape index (κ2) is 6.01. The van der Waals surface area contributed by atoms with Crippen molar-refractivity contribution in [3.8, 4) is 0 Å². The molecule has 5 N–H and O–H groups in total. The summed E-state index contributed by atoms with van der Waals surface area (Å²) in [7, 11) is 0. The summed E-state index contributed by atoms with van der Waals surface area (Å²) in [6.45, 7) is 0.598. The smallest absolute Gasteiger partial charge is 0.250 e. The first-order valence-corrected chi connectivity index (χ1v) is 6.10. The van der Waals surface area contributed by atoms with Gasteiger partial charge < -0.3 is 16.8 Å². The van der Waals surface area contributed by atoms with Gasteiger partial charge in [0.05, 0.1) is 17.4 Å². The second-order valence-corrected chi connectivity index (χ2v) is 4.32. The molecule has 5 nitrogen and oxygen atoms in total. The highest BCUT2D eigenvalue weighted by molar-refractivity contribution is 5.98. The molecule has 20 heavy (non-hydrogen) atoms. The summed E-state index contributed by atoms with van der Waals surface area (Å²) < 4.78 is 12.8. The van der Waals surface area contributed by atoms with Gasteiger partial charge in [-0.3, -0.25) is 4.79 Å². The molecule has 1 aromatic heterocycles. The van der Waals surface area contributed by atoms with Crippen LogP contribution in [-0.2, 0) is 6.42 Å². The summed E-state index contributed by atoms with van der Waals surface area (Å²) >= 11 is 0. The molecule has 0 fully saturated rings. The number of primary amides is 1. The van der Waals surface area contributed by atoms with Crippen molar-refractivity contribution in [1.82, 2.24) is 4.98 Å². The first-order valence-electron chi connectivity index (χ1n) is 6.10. The first-order chi connectivity index (χ1) is 9.56. The van der Waals surface area contributed by atoms with E-state index in [1.807, 2.05) is 0 Å². The highest BCUT2D eigenvalue weighted by atomic mass is 19.1. The quantitative estimate of drug-likeness (QED) is 0.771. The maximum Gasteiger partial charge on any atom is 0.250 e. The van der Waals surface area contributed by atoms with E-state index in [-0.39, 0.29) is 17.1 Å². The molecule has 2 rings (SSSR count). The van der Waals surface area contributed by atoms with E-state index in [9.17, 15) is 9.18 Å². The fourth-order valence-corrected chi connectivity index (χ4v) is 1.76. The van der Waals surface area contributed by atoms with Crippen LogP contribution in [0.2, 0.25) is 0 Å². The Morgan fingerprint density at radius 1 is 1.30 bits per heavy atom. The number of nitrogen functional groups attached to an aromatic ring is 1. The number of pyridine rings is 1. The molecule has 0 bridgehead atoms. The van der Waals surface area contributed by atoms with E-state index in [0.717, 1.165) is 5.56 Å². The van der Waals surface area contributed by atoms with E-state index < -0.39 is 5.91 Å². The van der Waals surface area contributed by atoms with Crippen LogP contribution in [-0.4, -0.2) is 17.4 Å². The fourth-order valence-electron chi connectivity index (χ4n) is 1.76. The van der Waals surface area contributed by atoms with Gasteiger partial charge in [0.25, 0.3) is 5.91 Å². The number of rotatable bonds is 5. The average molecular weight is 274 g/mol. The fraction of sp³-hybridized carbons (Fsp3) is 0.143. The molecule has 6 heteroatoms. The summed E-state index contributed by atoms with van der Waals surface area (Å²) in [5, 5.41) is 3.06. The largest absolute Gasteiger partial charge is 0.397 e. The number of hydrogen-bond donors (Lipinski definition) is 3. The molecule has 2 aromatic rings. The Hall–Kier alpha value is -2.63. The van der Waals surface area contributed by atoms with E-state index in [0.29, 0.717) is 18.8 Å². The number of carbonyl (C=O) groups excluding carboxylic acids is 1. The van der Waals surface area contributed by atoms with Gasteiger partial charge >= 0.3 is 0 Å². The van der Waals surface area contributed by atoms with Crippen molar-refractivity contribution < 1.29 is 9.18 Å². The molecular formula is C14H15FN4O. The van der Waals surface area contributed by atoms with Crippen LogP contribution < -0.4 is 16.8 Å². The second-order valence-electron chi connectivity index (χ2n) is 4.32. The minimum Gasteiger partial charge on any atom is -0.397 e. The average Bonchev–Trinajstić information content (AvgIpc) is 2.42. The van der Waals surface area contributed by atoms with Gasteiger partial charge in [0.1, 0.15) is 11.6 Å². The number of amides is 1. The molecule has 1 aromatic carbocycles. The molecule has 0 saturated carbocycles. The number of benzene rings is 1. The lowest BCUT2D eigenvalue weighted by Gasteiger charge is -2.08. The lowest BCUT2D eigenvalue weighted by atomic mass is 10.1. The number of hydrogen-bond acceptors (Lipinski definition) is 4. The zero-order valence-corrected chi connectivity index (χ0v) is 10.8. The molecule has 0 spiro atoms. The Bertz CT molecular complexity index is 613. The molecule has 0 aliphatic carbocycles. The highest BCUT2D eigenvalue weighted by Gasteiger charge is 2.07. The predicted octanol–water partition coefficient (Wildman–Crippen LogP) is 1.56. The Kier molecular flexibility index (Phi) is 4.14. The van der Waals surface area contributed by atoms with Crippen molar-refractivity contribution in [2.24, 2.45) is 5.73 Å². The molecule has 0 aliphatic heterocycles. The summed E-state index contributed by atoms with van der Waals surface area (Å²) in [5.41, 5.74) is 12.3. The van der Waals surface area contributed by atoms with E-state index in [2.05, 4.69) is 10.3 Å². The van der Waals surface area contributed by atoms with Gasteiger partial charge in [-0.1, -0.05) is 12.1 Å². The Morgan fingerprint density at radius 3 is 2.65 bits per heavy atom. The van der Waals surface area contributed by atoms with Crippen molar-refractivity contribution in [3.63, 3.8) is 0 Å². The standard InChI is InChI=1S/C14H15FN4O/c15-10-3-1-9(2-4-10)5-6-18-13-7-11(14(17)20)12(16)8-19-13/h1-4,7-8H,5-6,16H2,(H2,17,20)(H,18,19). The van der Waals surface area contributed by atoms with Crippen LogP contribution in [0.15, 0.2) is 36.5 Å². The highest BCUT2D eigenvalue weighted by Crippen LogP contribution is 2.14. The zero-order valence-electron chi connectivity index (χ0n) is 10.8. The summed E-state index contributed by atoms with van der Waals surface area (Å²) in [4.78, 5) is 15.2. The molecular weight excluding hydrogens is 259 g/mol. The van der Waals surface area contributed by atoms with Crippen molar-refractivity contribution in [1.29, 1.82) is 0 Å². The van der Waals surface area contributed by atoms with Crippen molar-refractivity contribution in [3.05, 3.63) is 53.5 Å². The molecule has 104 valence electrons. The number of anilines is 2. The molecule has 0 radical (unpaired) electrons. The number of nitrogens with two attached hydrogens (primary N) is 2. The van der Waals surface area contributed by atoms with E-state index in [1.54, 1.807) is 12.1 Å². The van der Waals surface area contributed by atoms with Crippen LogP contribution in [0.4, 0.5) is 15.9 Å². The monoisotopic (exact) mass is 274 g/mol. The van der Waals surface area contributed by atoms with Gasteiger partial charge in [0, 0.05) is 6.54 Å². The van der Waals surface area contributed by atoms with Crippen LogP contribution in [0, 0.1) is 5.82 Å². The third-order valence-corrected chi connectivity index (χ3v) is 2.83. The molecule has 1 heterocycles. The molecule has 0 unspecified atom stereocenters. The van der Waals surface area contributed by atoms with Crippen molar-refractivity contribution in [2.75, 3.05) is 17.6 Å². The number of aromatic nitrogens is 1. The summed E-state index contributed by atoms with van der Waals surface area (Å²) in [6.07, 6.45) is 2.10. The van der Waals surface area contributed by atoms with Gasteiger partial charge in [-0.2, -0.15) is 0 Å². The molecule has 0 saturated heterocycles. The predicted molar refractivity (Wildman–Crippen MR) is 75.8 cm³/mol. The van der Waals surface area contributed by atoms with Crippen LogP contribution >= 0.6 is 0 Å². The first kappa shape index (κ1) is 13.8. The minimum atomic E-state index is -0.591. The molecule has 0 atom stereocenters. The SMILES string of the molecule is NC(=O)c1cc(NCCc2ccc(F)cc2)ncc1N. The maximum atomic E-state index is 12.8. The van der Waals surface area contributed by atoms with E-state index >= 15 is 0 Å². The minimum absolute atomic E-state index is 0.240. The Labute approximate surface area is 115 Å². The summed E-state index contributed by atoms with van der Waals surface area (Å²) in [6, 6.07) is 7.80. The van der Waals surface area contributed by atoms with Crippen LogP contribution in [0.3, 0.4) is 0 Å². The van der Waals surface area contributed by atoms with Gasteiger partial charge in [0.15, 0.2) is 0 Å². The summed E-state index contributed by atoms with van der Waals surface area (Å²) in [5.74, 6) is -0.324. The van der Waals surface area contributed by atoms with Gasteiger partial charge in [-0.15, -0.1) is 0 Å². The van der Waals surface area contributed by atoms with Crippen LogP contribution in [0.25, 0.3) is 0 Å². The molecule has 0 aliphatic rings. The van der Waals surface area contributed by atoms with Gasteiger partial charge in [-0.25, -0.2) is 9.37 Å². The lowest BCUT2D eigenvalue weighted by Crippen LogP contribution is -2.15. The normalized spacial score (nSPS) is 10.2. The maximum absolute atomic E-state index is 12.8. The third kappa shape index (κ3) is 3.44. The van der Waals surface area contributed by atoms with E-state index in [1.165, 1.54) is 24.4 Å². The van der Waals surface area contributed by atoms with Crippen LogP contribution in [0.5, 0.6) is 0 Å². The third-order valence-electron chi connectivity index (χ3n) is 2.83. The lowest BCUT2D eigenvalue weighted by molar-refractivity contribution is 0.100. The Morgan fingerprint density at radius 2 is 2.00 bits per heavy atom. The number of halogens is 1. The molecule has 1 amide bonds. The topological polar surface area (TPSA) is 94.0 Å². The number of nitrogens with one attached hydrogen (secondary N) is 1. The van der Waals surface area contributed by atoms with Gasteiger partial charge in [-0.05, 0) is 30.2 Å². The van der Waals surface area contributed by atoms with Crippen molar-refractivity contribution >= 4 is 17.4 Å². The number of carbonyl (C=O) groups is 1.